The Morgan fingerprint density at radius 1 is 1.44 bits per heavy atom. The second-order valence-electron chi connectivity index (χ2n) is 4.49. The average Bonchev–Trinajstić information content (AvgIpc) is 2.41. The predicted octanol–water partition coefficient (Wildman–Crippen LogP) is 1.80. The van der Waals surface area contributed by atoms with E-state index in [9.17, 15) is 4.79 Å². The normalized spacial score (nSPS) is 24.8. The Morgan fingerprint density at radius 3 is 2.78 bits per heavy atom. The summed E-state index contributed by atoms with van der Waals surface area (Å²) < 4.78 is 10.4. The standard InChI is InChI=1S/C14H19NO3/c1-11-15(10-12-6-4-3-5-7-12)9-8-13(18-11)14(16)17-2/h3-7,11,13H,8-10H2,1-2H3/t11-,13?/m1/s1. The van der Waals surface area contributed by atoms with Crippen molar-refractivity contribution in [2.45, 2.75) is 32.2 Å². The zero-order chi connectivity index (χ0) is 13.0. The first kappa shape index (κ1) is 13.1. The second-order valence-corrected chi connectivity index (χ2v) is 4.49. The van der Waals surface area contributed by atoms with Gasteiger partial charge >= 0.3 is 5.97 Å². The van der Waals surface area contributed by atoms with Crippen LogP contribution in [-0.4, -0.2) is 36.9 Å². The minimum Gasteiger partial charge on any atom is -0.467 e. The van der Waals surface area contributed by atoms with Gasteiger partial charge < -0.3 is 9.47 Å². The minimum absolute atomic E-state index is 0.0666. The molecule has 0 saturated carbocycles. The van der Waals surface area contributed by atoms with Gasteiger partial charge in [-0.05, 0) is 18.9 Å². The summed E-state index contributed by atoms with van der Waals surface area (Å²) in [5.41, 5.74) is 1.25. The van der Waals surface area contributed by atoms with Crippen molar-refractivity contribution in [1.29, 1.82) is 0 Å². The molecule has 0 bridgehead atoms. The molecule has 98 valence electrons. The molecule has 1 aromatic carbocycles. The van der Waals surface area contributed by atoms with E-state index in [0.29, 0.717) is 6.42 Å². The Morgan fingerprint density at radius 2 is 2.17 bits per heavy atom. The van der Waals surface area contributed by atoms with Crippen LogP contribution in [0.4, 0.5) is 0 Å². The molecule has 1 aliphatic rings. The lowest BCUT2D eigenvalue weighted by Crippen LogP contribution is -2.47. The SMILES string of the molecule is COC(=O)C1CCN(Cc2ccccc2)[C@@H](C)O1. The van der Waals surface area contributed by atoms with Gasteiger partial charge in [0, 0.05) is 13.1 Å². The molecule has 1 unspecified atom stereocenters. The summed E-state index contributed by atoms with van der Waals surface area (Å²) in [7, 11) is 1.40. The zero-order valence-corrected chi connectivity index (χ0v) is 10.8. The van der Waals surface area contributed by atoms with Gasteiger partial charge in [0.1, 0.15) is 6.23 Å². The summed E-state index contributed by atoms with van der Waals surface area (Å²) in [4.78, 5) is 13.6. The molecule has 1 saturated heterocycles. The van der Waals surface area contributed by atoms with E-state index in [0.717, 1.165) is 13.1 Å². The van der Waals surface area contributed by atoms with Crippen LogP contribution in [0.15, 0.2) is 30.3 Å². The van der Waals surface area contributed by atoms with Crippen molar-refractivity contribution in [1.82, 2.24) is 4.90 Å². The monoisotopic (exact) mass is 249 g/mol. The average molecular weight is 249 g/mol. The summed E-state index contributed by atoms with van der Waals surface area (Å²) >= 11 is 0. The molecule has 0 amide bonds. The van der Waals surface area contributed by atoms with Crippen LogP contribution in [0.5, 0.6) is 0 Å². The molecule has 0 aromatic heterocycles. The van der Waals surface area contributed by atoms with Gasteiger partial charge in [0.25, 0.3) is 0 Å². The number of rotatable bonds is 3. The molecule has 1 fully saturated rings. The van der Waals surface area contributed by atoms with E-state index in [-0.39, 0.29) is 12.2 Å². The molecule has 0 N–H and O–H groups in total. The number of benzene rings is 1. The highest BCUT2D eigenvalue weighted by Crippen LogP contribution is 2.19. The molecule has 2 rings (SSSR count). The maximum Gasteiger partial charge on any atom is 0.335 e. The van der Waals surface area contributed by atoms with Crippen LogP contribution in [0.1, 0.15) is 18.9 Å². The van der Waals surface area contributed by atoms with Crippen LogP contribution in [0.25, 0.3) is 0 Å². The Bertz CT molecular complexity index is 393. The molecule has 1 aliphatic heterocycles. The Hall–Kier alpha value is -1.39. The van der Waals surface area contributed by atoms with Crippen LogP contribution >= 0.6 is 0 Å². The zero-order valence-electron chi connectivity index (χ0n) is 10.8. The molecule has 0 radical (unpaired) electrons. The Balaban J connectivity index is 1.92. The fraction of sp³-hybridized carbons (Fsp3) is 0.500. The molecule has 1 heterocycles. The van der Waals surface area contributed by atoms with Crippen molar-refractivity contribution >= 4 is 5.97 Å². The van der Waals surface area contributed by atoms with Gasteiger partial charge in [-0.15, -0.1) is 0 Å². The lowest BCUT2D eigenvalue weighted by Gasteiger charge is -2.36. The quantitative estimate of drug-likeness (QED) is 0.766. The molecule has 0 aliphatic carbocycles. The summed E-state index contributed by atoms with van der Waals surface area (Å²) in [6.07, 6.45) is 0.198. The number of nitrogens with zero attached hydrogens (tertiary/aromatic N) is 1. The van der Waals surface area contributed by atoms with Gasteiger partial charge in [-0.25, -0.2) is 4.79 Å². The summed E-state index contributed by atoms with van der Waals surface area (Å²) in [6.45, 7) is 3.66. The molecular formula is C14H19NO3. The minimum atomic E-state index is -0.419. The van der Waals surface area contributed by atoms with Crippen molar-refractivity contribution in [3.63, 3.8) is 0 Å². The van der Waals surface area contributed by atoms with Crippen LogP contribution in [0.2, 0.25) is 0 Å². The van der Waals surface area contributed by atoms with Crippen molar-refractivity contribution < 1.29 is 14.3 Å². The molecule has 1 aromatic rings. The number of carbonyl (C=O) groups is 1. The van der Waals surface area contributed by atoms with Crippen molar-refractivity contribution in [2.24, 2.45) is 0 Å². The number of hydrogen-bond donors (Lipinski definition) is 0. The van der Waals surface area contributed by atoms with Crippen LogP contribution in [0.3, 0.4) is 0 Å². The number of ether oxygens (including phenoxy) is 2. The van der Waals surface area contributed by atoms with Gasteiger partial charge in [0.05, 0.1) is 7.11 Å². The largest absolute Gasteiger partial charge is 0.467 e. The first-order chi connectivity index (χ1) is 8.70. The topological polar surface area (TPSA) is 38.8 Å². The highest BCUT2D eigenvalue weighted by Gasteiger charge is 2.30. The molecular weight excluding hydrogens is 230 g/mol. The van der Waals surface area contributed by atoms with Crippen LogP contribution in [0, 0.1) is 0 Å². The van der Waals surface area contributed by atoms with E-state index in [1.165, 1.54) is 12.7 Å². The molecule has 4 heteroatoms. The predicted molar refractivity (Wildman–Crippen MR) is 67.8 cm³/mol. The molecule has 2 atom stereocenters. The van der Waals surface area contributed by atoms with Gasteiger partial charge in [-0.1, -0.05) is 30.3 Å². The van der Waals surface area contributed by atoms with Crippen LogP contribution in [-0.2, 0) is 20.8 Å². The Labute approximate surface area is 107 Å². The third-order valence-electron chi connectivity index (χ3n) is 3.25. The molecule has 18 heavy (non-hydrogen) atoms. The van der Waals surface area contributed by atoms with E-state index in [1.54, 1.807) is 0 Å². The fourth-order valence-electron chi connectivity index (χ4n) is 2.19. The first-order valence-electron chi connectivity index (χ1n) is 6.22. The van der Waals surface area contributed by atoms with Crippen molar-refractivity contribution in [2.75, 3.05) is 13.7 Å². The Kier molecular flexibility index (Phi) is 4.33. The summed E-state index contributed by atoms with van der Waals surface area (Å²) in [5.74, 6) is -0.277. The van der Waals surface area contributed by atoms with Gasteiger partial charge in [-0.3, -0.25) is 4.90 Å². The van der Waals surface area contributed by atoms with E-state index in [2.05, 4.69) is 17.0 Å². The highest BCUT2D eigenvalue weighted by atomic mass is 16.6. The lowest BCUT2D eigenvalue weighted by atomic mass is 10.1. The lowest BCUT2D eigenvalue weighted by molar-refractivity contribution is -0.178. The van der Waals surface area contributed by atoms with Gasteiger partial charge in [-0.2, -0.15) is 0 Å². The summed E-state index contributed by atoms with van der Waals surface area (Å²) in [5, 5.41) is 0. The van der Waals surface area contributed by atoms with Gasteiger partial charge in [0.15, 0.2) is 6.10 Å². The first-order valence-corrected chi connectivity index (χ1v) is 6.22. The maximum absolute atomic E-state index is 11.4. The van der Waals surface area contributed by atoms with Crippen LogP contribution < -0.4 is 0 Å². The number of hydrogen-bond acceptors (Lipinski definition) is 4. The maximum atomic E-state index is 11.4. The second kappa shape index (κ2) is 5.98. The third kappa shape index (κ3) is 3.09. The van der Waals surface area contributed by atoms with E-state index >= 15 is 0 Å². The smallest absolute Gasteiger partial charge is 0.335 e. The fourth-order valence-corrected chi connectivity index (χ4v) is 2.19. The number of methoxy groups -OCH3 is 1. The van der Waals surface area contributed by atoms with Crippen molar-refractivity contribution in [3.05, 3.63) is 35.9 Å². The molecule has 4 nitrogen and oxygen atoms in total. The number of carbonyl (C=O) groups excluding carboxylic acids is 1. The highest BCUT2D eigenvalue weighted by molar-refractivity contribution is 5.74. The van der Waals surface area contributed by atoms with E-state index in [4.69, 9.17) is 9.47 Å². The van der Waals surface area contributed by atoms with E-state index < -0.39 is 6.10 Å². The summed E-state index contributed by atoms with van der Waals surface area (Å²) in [6, 6.07) is 10.3. The molecule has 0 spiro atoms. The van der Waals surface area contributed by atoms with Crippen molar-refractivity contribution in [3.8, 4) is 0 Å². The van der Waals surface area contributed by atoms with Gasteiger partial charge in [0.2, 0.25) is 0 Å². The van der Waals surface area contributed by atoms with E-state index in [1.807, 2.05) is 25.1 Å². The number of esters is 1. The third-order valence-corrected chi connectivity index (χ3v) is 3.25.